The molecular formula is C36H53ClN8O7. The second kappa shape index (κ2) is 15.4. The number of carbonyl (C=O) groups excluding carboxylic acids is 3. The number of pyridine rings is 1. The molecule has 0 aromatic carbocycles. The summed E-state index contributed by atoms with van der Waals surface area (Å²) in [6, 6.07) is 1.68. The van der Waals surface area contributed by atoms with Crippen LogP contribution in [-0.4, -0.2) is 92.7 Å². The fourth-order valence-corrected chi connectivity index (χ4v) is 6.24. The Labute approximate surface area is 310 Å². The summed E-state index contributed by atoms with van der Waals surface area (Å²) in [4.78, 5) is 54.4. The Hall–Kier alpha value is -4.24. The summed E-state index contributed by atoms with van der Waals surface area (Å²) < 4.78 is 22.7. The molecule has 2 aliphatic rings. The number of aromatic nitrogens is 5. The fourth-order valence-electron chi connectivity index (χ4n) is 5.94. The molecule has 2 saturated heterocycles. The minimum Gasteiger partial charge on any atom is -0.444 e. The highest BCUT2D eigenvalue weighted by Gasteiger charge is 2.39. The van der Waals surface area contributed by atoms with Crippen LogP contribution in [0.25, 0.3) is 22.4 Å². The quantitative estimate of drug-likeness (QED) is 0.265. The summed E-state index contributed by atoms with van der Waals surface area (Å²) in [5, 5.41) is 4.82. The number of ether oxygens (including phenoxy) is 4. The minimum atomic E-state index is -0.766. The van der Waals surface area contributed by atoms with E-state index in [1.54, 1.807) is 75.3 Å². The first kappa shape index (κ1) is 40.5. The number of hydrogen-bond donors (Lipinski definition) is 1. The third kappa shape index (κ3) is 10.00. The van der Waals surface area contributed by atoms with Gasteiger partial charge < -0.3 is 29.6 Å². The van der Waals surface area contributed by atoms with Gasteiger partial charge in [0.2, 0.25) is 0 Å². The van der Waals surface area contributed by atoms with Crippen LogP contribution in [0.15, 0.2) is 12.3 Å². The maximum absolute atomic E-state index is 13.5. The standard InChI is InChI=1S/C31H42ClN7O5.C5H11NO2/c1-9-38(27(40)43-29(3,4)5)25-21(32)20(10-14-33-25)22-23-26(39(36-22)28(41)44-30(6,7)8)35-24(19(2)34-23)37-15-11-31(12-16-37)13-17-42-18-31;1-5(2,3)8-4(6)7/h10,14H,9,11-13,15-18H2,1-8H3;1-3H3,(H2,6,7). The maximum Gasteiger partial charge on any atom is 0.437 e. The molecule has 16 heteroatoms. The molecule has 3 aromatic heterocycles. The Morgan fingerprint density at radius 3 is 2.08 bits per heavy atom. The number of fused-ring (bicyclic) bond motifs is 1. The molecule has 0 saturated carbocycles. The molecular weight excluding hydrogens is 692 g/mol. The summed E-state index contributed by atoms with van der Waals surface area (Å²) in [7, 11) is 0. The first-order chi connectivity index (χ1) is 24.0. The predicted octanol–water partition coefficient (Wildman–Crippen LogP) is 7.28. The molecule has 5 heterocycles. The number of hydrogen-bond acceptors (Lipinski definition) is 12. The lowest BCUT2D eigenvalue weighted by Gasteiger charge is -2.39. The Morgan fingerprint density at radius 2 is 1.58 bits per heavy atom. The Balaban J connectivity index is 0.000000677. The molecule has 0 aliphatic carbocycles. The SMILES string of the molecule is CC(C)(C)OC(N)=O.CCN(C(=O)OC(C)(C)C)c1nccc(-c2nn(C(=O)OC(C)(C)C)c3nc(N4CCC5(CCOC5)CC4)c(C)nc23)c1Cl. The number of aryl methyl sites for hydroxylation is 1. The van der Waals surface area contributed by atoms with E-state index in [-0.39, 0.29) is 28.4 Å². The van der Waals surface area contributed by atoms with Crippen LogP contribution in [0.2, 0.25) is 5.02 Å². The topological polar surface area (TPSA) is 177 Å². The van der Waals surface area contributed by atoms with Crippen LogP contribution in [0.1, 0.15) is 94.2 Å². The lowest BCUT2D eigenvalue weighted by atomic mass is 9.78. The molecule has 286 valence electrons. The summed E-state index contributed by atoms with van der Waals surface area (Å²) in [5.41, 5.74) is 5.13. The van der Waals surface area contributed by atoms with Gasteiger partial charge >= 0.3 is 18.3 Å². The molecule has 0 unspecified atom stereocenters. The number of piperidine rings is 1. The number of carbonyl (C=O) groups is 3. The van der Waals surface area contributed by atoms with Crippen molar-refractivity contribution in [2.45, 2.75) is 112 Å². The zero-order valence-electron chi connectivity index (χ0n) is 32.3. The molecule has 3 aromatic rings. The van der Waals surface area contributed by atoms with Gasteiger partial charge in [-0.3, -0.25) is 4.90 Å². The van der Waals surface area contributed by atoms with Gasteiger partial charge in [0.05, 0.1) is 17.3 Å². The van der Waals surface area contributed by atoms with Crippen molar-refractivity contribution < 1.29 is 33.3 Å². The van der Waals surface area contributed by atoms with E-state index in [0.29, 0.717) is 28.3 Å². The third-order valence-corrected chi connectivity index (χ3v) is 8.62. The Bertz CT molecular complexity index is 1780. The van der Waals surface area contributed by atoms with E-state index in [9.17, 15) is 14.4 Å². The molecule has 2 N–H and O–H groups in total. The van der Waals surface area contributed by atoms with Crippen LogP contribution >= 0.6 is 11.6 Å². The number of anilines is 2. The lowest BCUT2D eigenvalue weighted by molar-refractivity contribution is 0.0519. The van der Waals surface area contributed by atoms with Crippen molar-refractivity contribution in [1.29, 1.82) is 0 Å². The molecule has 0 bridgehead atoms. The van der Waals surface area contributed by atoms with Crippen LogP contribution in [0, 0.1) is 12.3 Å². The van der Waals surface area contributed by atoms with Gasteiger partial charge in [-0.1, -0.05) is 11.6 Å². The van der Waals surface area contributed by atoms with Crippen molar-refractivity contribution >= 4 is 52.7 Å². The van der Waals surface area contributed by atoms with Crippen molar-refractivity contribution in [3.63, 3.8) is 0 Å². The highest BCUT2D eigenvalue weighted by atomic mass is 35.5. The number of rotatable bonds is 4. The van der Waals surface area contributed by atoms with Crippen molar-refractivity contribution in [2.24, 2.45) is 11.1 Å². The average molecular weight is 745 g/mol. The van der Waals surface area contributed by atoms with Gasteiger partial charge in [0, 0.05) is 38.0 Å². The van der Waals surface area contributed by atoms with E-state index in [2.05, 4.69) is 19.7 Å². The van der Waals surface area contributed by atoms with E-state index in [0.717, 1.165) is 50.2 Å². The van der Waals surface area contributed by atoms with Gasteiger partial charge in [0.15, 0.2) is 17.3 Å². The van der Waals surface area contributed by atoms with Gasteiger partial charge in [-0.2, -0.15) is 5.10 Å². The molecule has 15 nitrogen and oxygen atoms in total. The third-order valence-electron chi connectivity index (χ3n) is 8.25. The van der Waals surface area contributed by atoms with Crippen molar-refractivity contribution in [3.8, 4) is 11.3 Å². The van der Waals surface area contributed by atoms with E-state index in [1.807, 2.05) is 6.92 Å². The van der Waals surface area contributed by atoms with Crippen molar-refractivity contribution in [2.75, 3.05) is 42.6 Å². The zero-order valence-corrected chi connectivity index (χ0v) is 33.0. The van der Waals surface area contributed by atoms with Gasteiger partial charge in [-0.05, 0) is 107 Å². The first-order valence-electron chi connectivity index (χ1n) is 17.5. The second-order valence-corrected chi connectivity index (χ2v) is 16.5. The van der Waals surface area contributed by atoms with Gasteiger partial charge in [0.1, 0.15) is 28.0 Å². The maximum atomic E-state index is 13.5. The van der Waals surface area contributed by atoms with Crippen LogP contribution in [0.5, 0.6) is 0 Å². The molecule has 5 rings (SSSR count). The van der Waals surface area contributed by atoms with E-state index < -0.39 is 35.1 Å². The number of halogens is 1. The van der Waals surface area contributed by atoms with Crippen LogP contribution in [0.4, 0.5) is 26.0 Å². The molecule has 2 aliphatic heterocycles. The average Bonchev–Trinajstić information content (AvgIpc) is 3.60. The molecule has 2 amide bonds. The minimum absolute atomic E-state index is 0.166. The Morgan fingerprint density at radius 1 is 0.962 bits per heavy atom. The predicted molar refractivity (Wildman–Crippen MR) is 199 cm³/mol. The van der Waals surface area contributed by atoms with Crippen molar-refractivity contribution in [3.05, 3.63) is 23.0 Å². The number of nitrogens with two attached hydrogens (primary N) is 1. The van der Waals surface area contributed by atoms with Crippen LogP contribution in [0.3, 0.4) is 0 Å². The first-order valence-corrected chi connectivity index (χ1v) is 17.9. The van der Waals surface area contributed by atoms with Gasteiger partial charge in [-0.15, -0.1) is 4.68 Å². The largest absolute Gasteiger partial charge is 0.444 e. The van der Waals surface area contributed by atoms with E-state index in [4.69, 9.17) is 41.5 Å². The highest BCUT2D eigenvalue weighted by Crippen LogP contribution is 2.41. The van der Waals surface area contributed by atoms with E-state index >= 15 is 0 Å². The number of nitrogens with zero attached hydrogens (tertiary/aromatic N) is 7. The van der Waals surface area contributed by atoms with Crippen LogP contribution < -0.4 is 15.5 Å². The smallest absolute Gasteiger partial charge is 0.437 e. The molecule has 1 spiro atoms. The molecule has 0 radical (unpaired) electrons. The summed E-state index contributed by atoms with van der Waals surface area (Å²) in [5.74, 6) is 0.909. The molecule has 0 atom stereocenters. The second-order valence-electron chi connectivity index (χ2n) is 16.1. The highest BCUT2D eigenvalue weighted by molar-refractivity contribution is 6.36. The van der Waals surface area contributed by atoms with Gasteiger partial charge in [-0.25, -0.2) is 29.3 Å². The summed E-state index contributed by atoms with van der Waals surface area (Å²) in [6.07, 6.45) is 2.63. The summed E-state index contributed by atoms with van der Waals surface area (Å²) >= 11 is 6.94. The number of amides is 2. The number of primary amides is 1. The zero-order chi connectivity index (χ0) is 38.8. The molecule has 2 fully saturated rings. The molecule has 52 heavy (non-hydrogen) atoms. The van der Waals surface area contributed by atoms with E-state index in [1.165, 1.54) is 11.1 Å². The van der Waals surface area contributed by atoms with Crippen molar-refractivity contribution in [1.82, 2.24) is 24.7 Å². The fraction of sp³-hybridized carbons (Fsp3) is 0.639. The Kier molecular flexibility index (Phi) is 12.0. The normalized spacial score (nSPS) is 16.0. The summed E-state index contributed by atoms with van der Waals surface area (Å²) in [6.45, 7) is 23.2. The van der Waals surface area contributed by atoms with Gasteiger partial charge in [0.25, 0.3) is 0 Å². The lowest BCUT2D eigenvalue weighted by Crippen LogP contribution is -2.41. The van der Waals surface area contributed by atoms with Crippen LogP contribution in [-0.2, 0) is 18.9 Å². The monoisotopic (exact) mass is 744 g/mol.